The number of aryl methyl sites for hydroxylation is 3. The van der Waals surface area contributed by atoms with E-state index in [1.807, 2.05) is 0 Å². The van der Waals surface area contributed by atoms with Crippen LogP contribution in [-0.4, -0.2) is 22.4 Å². The largest absolute Gasteiger partial charge is 0.318 e. The minimum atomic E-state index is -0.0756. The summed E-state index contributed by atoms with van der Waals surface area (Å²) in [6.07, 6.45) is 2.15. The fraction of sp³-hybridized carbons (Fsp3) is 0.250. The van der Waals surface area contributed by atoms with E-state index in [9.17, 15) is 4.79 Å². The van der Waals surface area contributed by atoms with Gasteiger partial charge in [0, 0.05) is 39.7 Å². The van der Waals surface area contributed by atoms with Crippen LogP contribution in [0.2, 0.25) is 0 Å². The van der Waals surface area contributed by atoms with E-state index in [0.29, 0.717) is 6.42 Å². The number of nitrogens with one attached hydrogen (secondary N) is 1. The summed E-state index contributed by atoms with van der Waals surface area (Å²) in [6.45, 7) is 8.30. The van der Waals surface area contributed by atoms with Gasteiger partial charge in [-0.25, -0.2) is 5.43 Å². The van der Waals surface area contributed by atoms with Crippen LogP contribution in [0.1, 0.15) is 34.5 Å². The molecule has 29 heavy (non-hydrogen) atoms. The molecule has 0 radical (unpaired) electrons. The maximum Gasteiger partial charge on any atom is 0.240 e. The molecule has 2 aromatic carbocycles. The molecule has 150 valence electrons. The minimum Gasteiger partial charge on any atom is -0.318 e. The van der Waals surface area contributed by atoms with Gasteiger partial charge < -0.3 is 4.57 Å². The second kappa shape index (κ2) is 9.61. The third-order valence-corrected chi connectivity index (χ3v) is 5.76. The van der Waals surface area contributed by atoms with E-state index in [1.54, 1.807) is 18.0 Å². The maximum atomic E-state index is 12.1. The Hall–Kier alpha value is -2.79. The van der Waals surface area contributed by atoms with Gasteiger partial charge in [0.05, 0.1) is 6.21 Å². The quantitative estimate of drug-likeness (QED) is 0.327. The number of benzene rings is 2. The average Bonchev–Trinajstić information content (AvgIpc) is 2.97. The van der Waals surface area contributed by atoms with Crippen molar-refractivity contribution in [3.8, 4) is 5.69 Å². The van der Waals surface area contributed by atoms with Gasteiger partial charge >= 0.3 is 0 Å². The molecule has 0 bridgehead atoms. The first-order chi connectivity index (χ1) is 13.9. The lowest BCUT2D eigenvalue weighted by Crippen LogP contribution is -2.17. The third-order valence-electron chi connectivity index (χ3n) is 4.74. The number of aromatic nitrogens is 1. The Morgan fingerprint density at radius 1 is 1.03 bits per heavy atom. The van der Waals surface area contributed by atoms with Crippen molar-refractivity contribution < 1.29 is 4.79 Å². The molecule has 0 aliphatic heterocycles. The van der Waals surface area contributed by atoms with E-state index in [0.717, 1.165) is 28.4 Å². The zero-order valence-corrected chi connectivity index (χ0v) is 18.2. The van der Waals surface area contributed by atoms with Gasteiger partial charge in [-0.1, -0.05) is 29.8 Å². The second-order valence-corrected chi connectivity index (χ2v) is 8.37. The molecule has 0 atom stereocenters. The van der Waals surface area contributed by atoms with Gasteiger partial charge in [0.25, 0.3) is 0 Å². The summed E-state index contributed by atoms with van der Waals surface area (Å²) in [4.78, 5) is 13.2. The molecular formula is C24H27N3OS. The molecule has 0 saturated carbocycles. The zero-order valence-electron chi connectivity index (χ0n) is 17.4. The summed E-state index contributed by atoms with van der Waals surface area (Å²) >= 11 is 1.68. The number of carbonyl (C=O) groups is 1. The van der Waals surface area contributed by atoms with E-state index in [4.69, 9.17) is 0 Å². The lowest BCUT2D eigenvalue weighted by Gasteiger charge is -2.10. The molecule has 0 aliphatic rings. The van der Waals surface area contributed by atoms with E-state index in [2.05, 4.69) is 97.4 Å². The first-order valence-corrected chi connectivity index (χ1v) is 10.7. The number of amides is 1. The van der Waals surface area contributed by atoms with Gasteiger partial charge in [-0.3, -0.25) is 4.79 Å². The first kappa shape index (κ1) is 20.9. The highest BCUT2D eigenvalue weighted by atomic mass is 32.2. The van der Waals surface area contributed by atoms with Gasteiger partial charge in [0.1, 0.15) is 0 Å². The number of rotatable bonds is 7. The van der Waals surface area contributed by atoms with Crippen LogP contribution in [0.3, 0.4) is 0 Å². The predicted molar refractivity (Wildman–Crippen MR) is 122 cm³/mol. The maximum absolute atomic E-state index is 12.1. The molecule has 0 unspecified atom stereocenters. The number of hydrogen-bond donors (Lipinski definition) is 1. The van der Waals surface area contributed by atoms with Crippen LogP contribution < -0.4 is 5.43 Å². The highest BCUT2D eigenvalue weighted by Gasteiger charge is 2.09. The minimum absolute atomic E-state index is 0.0756. The number of thioether (sulfide) groups is 1. The number of carbonyl (C=O) groups excluding carboxylic acids is 1. The van der Waals surface area contributed by atoms with Crippen molar-refractivity contribution in [3.05, 3.63) is 82.7 Å². The van der Waals surface area contributed by atoms with Crippen molar-refractivity contribution >= 4 is 23.9 Å². The molecule has 0 fully saturated rings. The van der Waals surface area contributed by atoms with Crippen molar-refractivity contribution in [2.75, 3.05) is 5.75 Å². The van der Waals surface area contributed by atoms with E-state index < -0.39 is 0 Å². The average molecular weight is 406 g/mol. The Balaban J connectivity index is 1.55. The van der Waals surface area contributed by atoms with Crippen molar-refractivity contribution in [1.82, 2.24) is 9.99 Å². The van der Waals surface area contributed by atoms with Crippen LogP contribution in [0.4, 0.5) is 0 Å². The van der Waals surface area contributed by atoms with Crippen molar-refractivity contribution in [2.24, 2.45) is 5.10 Å². The molecule has 1 N–H and O–H groups in total. The molecule has 1 amide bonds. The molecule has 0 saturated heterocycles. The number of hydrogen-bond acceptors (Lipinski definition) is 3. The van der Waals surface area contributed by atoms with Gasteiger partial charge in [0.2, 0.25) is 5.91 Å². The Morgan fingerprint density at radius 2 is 1.79 bits per heavy atom. The first-order valence-electron chi connectivity index (χ1n) is 9.71. The fourth-order valence-electron chi connectivity index (χ4n) is 3.21. The van der Waals surface area contributed by atoms with Crippen molar-refractivity contribution in [2.45, 2.75) is 39.0 Å². The molecule has 0 aliphatic carbocycles. The highest BCUT2D eigenvalue weighted by Crippen LogP contribution is 2.21. The topological polar surface area (TPSA) is 46.4 Å². The summed E-state index contributed by atoms with van der Waals surface area (Å²) in [5.41, 5.74) is 9.47. The molecule has 1 aromatic heterocycles. The molecule has 3 rings (SSSR count). The van der Waals surface area contributed by atoms with Crippen LogP contribution in [0.15, 0.2) is 64.6 Å². The SMILES string of the molecule is Cc1ccc(SCCC(=O)N/N=C\c2cc(C)n(-c3cccc(C)c3)c2C)cc1. The standard InChI is InChI=1S/C24H27N3OS/c1-17-8-10-23(11-9-17)29-13-12-24(28)26-25-16-21-15-19(3)27(20(21)4)22-7-5-6-18(2)14-22/h5-11,14-16H,12-13H2,1-4H3,(H,26,28)/b25-16-. The molecule has 3 aromatic rings. The molecule has 0 spiro atoms. The van der Waals surface area contributed by atoms with Crippen LogP contribution in [0.25, 0.3) is 5.69 Å². The normalized spacial score (nSPS) is 11.2. The number of hydrazone groups is 1. The van der Waals surface area contributed by atoms with Crippen LogP contribution in [-0.2, 0) is 4.79 Å². The van der Waals surface area contributed by atoms with Gasteiger partial charge in [0.15, 0.2) is 0 Å². The summed E-state index contributed by atoms with van der Waals surface area (Å²) in [6, 6.07) is 18.8. The predicted octanol–water partition coefficient (Wildman–Crippen LogP) is 5.34. The Labute approximate surface area is 177 Å². The smallest absolute Gasteiger partial charge is 0.240 e. The zero-order chi connectivity index (χ0) is 20.8. The van der Waals surface area contributed by atoms with Crippen molar-refractivity contribution in [1.29, 1.82) is 0 Å². The lowest BCUT2D eigenvalue weighted by molar-refractivity contribution is -0.120. The van der Waals surface area contributed by atoms with E-state index in [-0.39, 0.29) is 5.91 Å². The molecule has 5 heteroatoms. The Morgan fingerprint density at radius 3 is 2.52 bits per heavy atom. The van der Waals surface area contributed by atoms with Gasteiger partial charge in [-0.15, -0.1) is 11.8 Å². The molecule has 4 nitrogen and oxygen atoms in total. The van der Waals surface area contributed by atoms with Gasteiger partial charge in [-0.2, -0.15) is 5.10 Å². The van der Waals surface area contributed by atoms with Crippen LogP contribution in [0.5, 0.6) is 0 Å². The highest BCUT2D eigenvalue weighted by molar-refractivity contribution is 7.99. The summed E-state index contributed by atoms with van der Waals surface area (Å²) < 4.78 is 2.20. The molecule has 1 heterocycles. The molecular weight excluding hydrogens is 378 g/mol. The van der Waals surface area contributed by atoms with Crippen LogP contribution >= 0.6 is 11.8 Å². The summed E-state index contributed by atoms with van der Waals surface area (Å²) in [7, 11) is 0. The van der Waals surface area contributed by atoms with Crippen LogP contribution in [0, 0.1) is 27.7 Å². The summed E-state index contributed by atoms with van der Waals surface area (Å²) in [5, 5.41) is 4.16. The monoisotopic (exact) mass is 405 g/mol. The number of nitrogens with zero attached hydrogens (tertiary/aromatic N) is 2. The third kappa shape index (κ3) is 5.61. The second-order valence-electron chi connectivity index (χ2n) is 7.21. The summed E-state index contributed by atoms with van der Waals surface area (Å²) in [5.74, 6) is 0.653. The fourth-order valence-corrected chi connectivity index (χ4v) is 4.06. The Bertz CT molecular complexity index is 1020. The Kier molecular flexibility index (Phi) is 6.94. The van der Waals surface area contributed by atoms with E-state index >= 15 is 0 Å². The van der Waals surface area contributed by atoms with E-state index in [1.165, 1.54) is 16.0 Å². The van der Waals surface area contributed by atoms with Crippen molar-refractivity contribution in [3.63, 3.8) is 0 Å². The lowest BCUT2D eigenvalue weighted by atomic mass is 10.2. The van der Waals surface area contributed by atoms with Gasteiger partial charge in [-0.05, 0) is 63.6 Å².